The van der Waals surface area contributed by atoms with Crippen LogP contribution in [-0.2, 0) is 23.3 Å². The van der Waals surface area contributed by atoms with Gasteiger partial charge in [-0.1, -0.05) is 13.8 Å². The highest BCUT2D eigenvalue weighted by molar-refractivity contribution is 7.90. The van der Waals surface area contributed by atoms with Crippen LogP contribution in [0.1, 0.15) is 30.0 Å². The highest BCUT2D eigenvalue weighted by Crippen LogP contribution is 2.18. The van der Waals surface area contributed by atoms with Crippen LogP contribution in [0.25, 0.3) is 0 Å². The van der Waals surface area contributed by atoms with Crippen molar-refractivity contribution in [1.82, 2.24) is 9.55 Å². The molecule has 0 bridgehead atoms. The maximum absolute atomic E-state index is 11.5. The van der Waals surface area contributed by atoms with Crippen molar-refractivity contribution in [3.05, 3.63) is 11.4 Å². The van der Waals surface area contributed by atoms with E-state index in [4.69, 9.17) is 5.11 Å². The monoisotopic (exact) mass is 260 g/mol. The summed E-state index contributed by atoms with van der Waals surface area (Å²) >= 11 is 0. The Morgan fingerprint density at radius 2 is 2.00 bits per heavy atom. The molecule has 0 aromatic carbocycles. The van der Waals surface area contributed by atoms with Gasteiger partial charge in [-0.3, -0.25) is 0 Å². The summed E-state index contributed by atoms with van der Waals surface area (Å²) in [5.74, 6) is -0.984. The smallest absolute Gasteiger partial charge is 0.356 e. The standard InChI is InChI=1S/C10H16N2O4S/c1-6(2)5-7-8(9(13)14)11-10(12(7)3)17(4,15)16/h6H,5H2,1-4H3,(H,13,14). The molecule has 0 aliphatic heterocycles. The van der Waals surface area contributed by atoms with Crippen molar-refractivity contribution >= 4 is 15.8 Å². The first-order valence-corrected chi connectivity index (χ1v) is 7.02. The summed E-state index contributed by atoms with van der Waals surface area (Å²) in [5, 5.41) is 8.81. The lowest BCUT2D eigenvalue weighted by molar-refractivity contribution is 0.0689. The molecular formula is C10H16N2O4S. The Kier molecular flexibility index (Phi) is 3.61. The zero-order chi connectivity index (χ0) is 13.4. The highest BCUT2D eigenvalue weighted by Gasteiger charge is 2.25. The number of rotatable bonds is 4. The van der Waals surface area contributed by atoms with E-state index in [0.717, 1.165) is 6.26 Å². The first kappa shape index (κ1) is 13.7. The largest absolute Gasteiger partial charge is 0.476 e. The molecule has 96 valence electrons. The van der Waals surface area contributed by atoms with Crippen molar-refractivity contribution in [1.29, 1.82) is 0 Å². The molecule has 0 atom stereocenters. The third-order valence-electron chi connectivity index (χ3n) is 2.31. The average molecular weight is 260 g/mol. The van der Waals surface area contributed by atoms with Gasteiger partial charge in [0.05, 0.1) is 5.69 Å². The molecule has 0 saturated carbocycles. The fourth-order valence-corrected chi connectivity index (χ4v) is 2.50. The van der Waals surface area contributed by atoms with Gasteiger partial charge in [0, 0.05) is 13.3 Å². The summed E-state index contributed by atoms with van der Waals surface area (Å²) < 4.78 is 24.2. The molecule has 1 heterocycles. The number of imidazole rings is 1. The van der Waals surface area contributed by atoms with Crippen LogP contribution >= 0.6 is 0 Å². The Balaban J connectivity index is 3.46. The van der Waals surface area contributed by atoms with Gasteiger partial charge in [0.25, 0.3) is 0 Å². The van der Waals surface area contributed by atoms with E-state index in [1.807, 2.05) is 13.8 Å². The van der Waals surface area contributed by atoms with E-state index in [1.54, 1.807) is 0 Å². The molecule has 0 aliphatic rings. The molecule has 7 heteroatoms. The van der Waals surface area contributed by atoms with Crippen molar-refractivity contribution in [2.75, 3.05) is 6.26 Å². The van der Waals surface area contributed by atoms with Crippen molar-refractivity contribution in [3.63, 3.8) is 0 Å². The fourth-order valence-electron chi connectivity index (χ4n) is 1.63. The van der Waals surface area contributed by atoms with Crippen LogP contribution in [0, 0.1) is 5.92 Å². The molecule has 0 unspecified atom stereocenters. The first-order chi connectivity index (χ1) is 7.64. The molecule has 0 spiro atoms. The second kappa shape index (κ2) is 4.48. The average Bonchev–Trinajstić information content (AvgIpc) is 2.42. The third-order valence-corrected chi connectivity index (χ3v) is 3.34. The van der Waals surface area contributed by atoms with E-state index in [-0.39, 0.29) is 16.8 Å². The van der Waals surface area contributed by atoms with Crippen LogP contribution in [0.5, 0.6) is 0 Å². The Hall–Kier alpha value is -1.37. The van der Waals surface area contributed by atoms with E-state index < -0.39 is 15.8 Å². The molecule has 0 amide bonds. The van der Waals surface area contributed by atoms with E-state index in [1.165, 1.54) is 11.6 Å². The maximum atomic E-state index is 11.5. The second-order valence-electron chi connectivity index (χ2n) is 4.42. The summed E-state index contributed by atoms with van der Waals surface area (Å²) in [7, 11) is -1.99. The summed E-state index contributed by atoms with van der Waals surface area (Å²) in [4.78, 5) is 14.7. The van der Waals surface area contributed by atoms with Crippen LogP contribution < -0.4 is 0 Å². The normalized spacial score (nSPS) is 12.1. The van der Waals surface area contributed by atoms with Gasteiger partial charge < -0.3 is 9.67 Å². The molecule has 17 heavy (non-hydrogen) atoms. The van der Waals surface area contributed by atoms with E-state index in [9.17, 15) is 13.2 Å². The Morgan fingerprint density at radius 3 is 2.35 bits per heavy atom. The summed E-state index contributed by atoms with van der Waals surface area (Å²) in [6, 6.07) is 0. The van der Waals surface area contributed by atoms with Gasteiger partial charge in [-0.2, -0.15) is 0 Å². The molecule has 0 aliphatic carbocycles. The van der Waals surface area contributed by atoms with Crippen LogP contribution in [-0.4, -0.2) is 35.3 Å². The van der Waals surface area contributed by atoms with Crippen LogP contribution in [0.2, 0.25) is 0 Å². The highest BCUT2D eigenvalue weighted by atomic mass is 32.2. The minimum absolute atomic E-state index is 0.179. The molecule has 0 fully saturated rings. The SMILES string of the molecule is CC(C)Cc1c(C(=O)O)nc(S(C)(=O)=O)n1C. The zero-order valence-electron chi connectivity index (χ0n) is 10.3. The van der Waals surface area contributed by atoms with Crippen molar-refractivity contribution in [2.45, 2.75) is 25.4 Å². The lowest BCUT2D eigenvalue weighted by atomic mass is 10.1. The Morgan fingerprint density at radius 1 is 1.47 bits per heavy atom. The third kappa shape index (κ3) is 2.85. The van der Waals surface area contributed by atoms with E-state index >= 15 is 0 Å². The minimum Gasteiger partial charge on any atom is -0.476 e. The lowest BCUT2D eigenvalue weighted by Gasteiger charge is -2.07. The molecule has 1 aromatic rings. The van der Waals surface area contributed by atoms with Crippen molar-refractivity contribution < 1.29 is 18.3 Å². The van der Waals surface area contributed by atoms with Gasteiger partial charge in [0.2, 0.25) is 15.0 Å². The lowest BCUT2D eigenvalue weighted by Crippen LogP contribution is -2.10. The number of hydrogen-bond acceptors (Lipinski definition) is 4. The maximum Gasteiger partial charge on any atom is 0.356 e. The van der Waals surface area contributed by atoms with Crippen molar-refractivity contribution in [2.24, 2.45) is 13.0 Å². The topological polar surface area (TPSA) is 89.3 Å². The Labute approximate surface area is 100 Å². The molecule has 0 radical (unpaired) electrons. The number of aromatic carboxylic acids is 1. The van der Waals surface area contributed by atoms with Gasteiger partial charge in [0.15, 0.2) is 5.69 Å². The van der Waals surface area contributed by atoms with E-state index in [0.29, 0.717) is 12.1 Å². The van der Waals surface area contributed by atoms with Crippen LogP contribution in [0.4, 0.5) is 0 Å². The van der Waals surface area contributed by atoms with Gasteiger partial charge in [-0.05, 0) is 12.3 Å². The molecular weight excluding hydrogens is 244 g/mol. The number of sulfone groups is 1. The van der Waals surface area contributed by atoms with E-state index in [2.05, 4.69) is 4.98 Å². The first-order valence-electron chi connectivity index (χ1n) is 5.13. The zero-order valence-corrected chi connectivity index (χ0v) is 11.1. The number of carboxylic acids is 1. The summed E-state index contributed by atoms with van der Waals surface area (Å²) in [6.45, 7) is 3.86. The van der Waals surface area contributed by atoms with Crippen molar-refractivity contribution in [3.8, 4) is 0 Å². The second-order valence-corrected chi connectivity index (χ2v) is 6.33. The van der Waals surface area contributed by atoms with Gasteiger partial charge >= 0.3 is 5.97 Å². The number of carbonyl (C=O) groups is 1. The quantitative estimate of drug-likeness (QED) is 0.861. The fraction of sp³-hybridized carbons (Fsp3) is 0.600. The number of carboxylic acid groups (broad SMARTS) is 1. The molecule has 6 nitrogen and oxygen atoms in total. The predicted molar refractivity (Wildman–Crippen MR) is 61.8 cm³/mol. The summed E-state index contributed by atoms with van der Waals surface area (Å²) in [5.41, 5.74) is 0.259. The number of aromatic nitrogens is 2. The predicted octanol–water partition coefficient (Wildman–Crippen LogP) is 0.720. The minimum atomic E-state index is -3.52. The molecule has 0 saturated heterocycles. The van der Waals surface area contributed by atoms with Crippen LogP contribution in [0.3, 0.4) is 0 Å². The van der Waals surface area contributed by atoms with Crippen LogP contribution in [0.15, 0.2) is 5.16 Å². The molecule has 1 rings (SSSR count). The number of nitrogens with zero attached hydrogens (tertiary/aromatic N) is 2. The Bertz CT molecular complexity index is 543. The molecule has 1 N–H and O–H groups in total. The number of hydrogen-bond donors (Lipinski definition) is 1. The van der Waals surface area contributed by atoms with Gasteiger partial charge in [0.1, 0.15) is 0 Å². The summed E-state index contributed by atoms with van der Waals surface area (Å²) in [6.07, 6.45) is 1.49. The molecule has 1 aromatic heterocycles. The van der Waals surface area contributed by atoms with Gasteiger partial charge in [-0.15, -0.1) is 0 Å². The van der Waals surface area contributed by atoms with Gasteiger partial charge in [-0.25, -0.2) is 18.2 Å².